The number of hydrogen-bond acceptors (Lipinski definition) is 4. The molecule has 86 valence electrons. The van der Waals surface area contributed by atoms with Gasteiger partial charge in [0.15, 0.2) is 0 Å². The molecule has 0 atom stereocenters. The molecule has 0 radical (unpaired) electrons. The molecule has 4 heteroatoms. The number of hydrogen-bond donors (Lipinski definition) is 1. The molecule has 1 heterocycles. The maximum Gasteiger partial charge on any atom is 0.0992 e. The molecule has 0 unspecified atom stereocenters. The highest BCUT2D eigenvalue weighted by Crippen LogP contribution is 2.16. The quantitative estimate of drug-likeness (QED) is 0.897. The molecule has 0 saturated heterocycles. The third kappa shape index (κ3) is 3.05. The van der Waals surface area contributed by atoms with Gasteiger partial charge in [-0.1, -0.05) is 13.0 Å². The second-order valence-corrected chi connectivity index (χ2v) is 4.82. The fraction of sp³-hybridized carbons (Fsp3) is 0.231. The van der Waals surface area contributed by atoms with Gasteiger partial charge in [0.05, 0.1) is 23.2 Å². The molecule has 0 aliphatic carbocycles. The fourth-order valence-corrected chi connectivity index (χ4v) is 2.28. The zero-order valence-electron chi connectivity index (χ0n) is 9.60. The van der Waals surface area contributed by atoms with Crippen molar-refractivity contribution < 1.29 is 0 Å². The van der Waals surface area contributed by atoms with Gasteiger partial charge < -0.3 is 5.32 Å². The van der Waals surface area contributed by atoms with Gasteiger partial charge in [-0.25, -0.2) is 4.98 Å². The molecule has 0 saturated carbocycles. The SMILES string of the molecule is CCc1ncc(CNc2cccc(C#N)c2)s1. The Morgan fingerprint density at radius 3 is 3.06 bits per heavy atom. The number of thiazole rings is 1. The van der Waals surface area contributed by atoms with E-state index >= 15 is 0 Å². The van der Waals surface area contributed by atoms with E-state index in [2.05, 4.69) is 23.3 Å². The van der Waals surface area contributed by atoms with Crippen LogP contribution in [-0.2, 0) is 13.0 Å². The second kappa shape index (κ2) is 5.46. The number of anilines is 1. The summed E-state index contributed by atoms with van der Waals surface area (Å²) in [5.74, 6) is 0. The van der Waals surface area contributed by atoms with Gasteiger partial charge in [0.2, 0.25) is 0 Å². The summed E-state index contributed by atoms with van der Waals surface area (Å²) in [6, 6.07) is 9.62. The Morgan fingerprint density at radius 1 is 1.47 bits per heavy atom. The molecular weight excluding hydrogens is 230 g/mol. The first-order chi connectivity index (χ1) is 8.31. The summed E-state index contributed by atoms with van der Waals surface area (Å²) >= 11 is 1.72. The number of nitrogens with one attached hydrogen (secondary N) is 1. The van der Waals surface area contributed by atoms with E-state index in [1.54, 1.807) is 17.4 Å². The Hall–Kier alpha value is -1.86. The van der Waals surface area contributed by atoms with Gasteiger partial charge >= 0.3 is 0 Å². The fourth-order valence-electron chi connectivity index (χ4n) is 1.48. The Bertz CT molecular complexity index is 540. The maximum absolute atomic E-state index is 8.80. The number of aromatic nitrogens is 1. The summed E-state index contributed by atoms with van der Waals surface area (Å²) in [5, 5.41) is 13.2. The van der Waals surface area contributed by atoms with E-state index < -0.39 is 0 Å². The van der Waals surface area contributed by atoms with Gasteiger partial charge in [0.1, 0.15) is 0 Å². The van der Waals surface area contributed by atoms with E-state index in [0.29, 0.717) is 5.56 Å². The van der Waals surface area contributed by atoms with Crippen molar-refractivity contribution in [3.8, 4) is 6.07 Å². The van der Waals surface area contributed by atoms with Gasteiger partial charge in [0.25, 0.3) is 0 Å². The molecule has 1 N–H and O–H groups in total. The summed E-state index contributed by atoms with van der Waals surface area (Å²) < 4.78 is 0. The predicted molar refractivity (Wildman–Crippen MR) is 70.0 cm³/mol. The van der Waals surface area contributed by atoms with E-state index in [9.17, 15) is 0 Å². The molecular formula is C13H13N3S. The molecule has 3 nitrogen and oxygen atoms in total. The van der Waals surface area contributed by atoms with Crippen LogP contribution in [0.25, 0.3) is 0 Å². The molecule has 0 aliphatic heterocycles. The van der Waals surface area contributed by atoms with E-state index in [1.165, 1.54) is 4.88 Å². The third-order valence-electron chi connectivity index (χ3n) is 2.36. The standard InChI is InChI=1S/C13H13N3S/c1-2-13-16-9-12(17-13)8-15-11-5-3-4-10(6-11)7-14/h3-6,9,15H,2,8H2,1H3. The van der Waals surface area contributed by atoms with Crippen LogP contribution in [0.3, 0.4) is 0 Å². The Kier molecular flexibility index (Phi) is 3.73. The smallest absolute Gasteiger partial charge is 0.0992 e. The molecule has 1 aromatic carbocycles. The van der Waals surface area contributed by atoms with Crippen molar-refractivity contribution in [2.75, 3.05) is 5.32 Å². The lowest BCUT2D eigenvalue weighted by Gasteiger charge is -2.04. The number of nitrogens with zero attached hydrogens (tertiary/aromatic N) is 2. The van der Waals surface area contributed by atoms with Gasteiger partial charge in [-0.2, -0.15) is 5.26 Å². The zero-order chi connectivity index (χ0) is 12.1. The van der Waals surface area contributed by atoms with Crippen LogP contribution in [0, 0.1) is 11.3 Å². The monoisotopic (exact) mass is 243 g/mol. The lowest BCUT2D eigenvalue weighted by atomic mass is 10.2. The molecule has 17 heavy (non-hydrogen) atoms. The average molecular weight is 243 g/mol. The van der Waals surface area contributed by atoms with Crippen LogP contribution >= 0.6 is 11.3 Å². The van der Waals surface area contributed by atoms with E-state index in [0.717, 1.165) is 23.7 Å². The van der Waals surface area contributed by atoms with Crippen molar-refractivity contribution in [3.05, 3.63) is 45.9 Å². The lowest BCUT2D eigenvalue weighted by Crippen LogP contribution is -1.97. The molecule has 0 spiro atoms. The Balaban J connectivity index is 1.99. The van der Waals surface area contributed by atoms with Crippen LogP contribution in [0.5, 0.6) is 0 Å². The van der Waals surface area contributed by atoms with Gasteiger partial charge in [-0.3, -0.25) is 0 Å². The van der Waals surface area contributed by atoms with Crippen LogP contribution in [0.1, 0.15) is 22.4 Å². The summed E-state index contributed by atoms with van der Waals surface area (Å²) in [6.45, 7) is 2.86. The van der Waals surface area contributed by atoms with Crippen LogP contribution in [-0.4, -0.2) is 4.98 Å². The zero-order valence-corrected chi connectivity index (χ0v) is 10.4. The lowest BCUT2D eigenvalue weighted by molar-refractivity contribution is 1.09. The van der Waals surface area contributed by atoms with Gasteiger partial charge in [-0.05, 0) is 24.6 Å². The van der Waals surface area contributed by atoms with Crippen molar-refractivity contribution in [2.24, 2.45) is 0 Å². The third-order valence-corrected chi connectivity index (χ3v) is 3.50. The minimum atomic E-state index is 0.675. The molecule has 2 aromatic rings. The Labute approximate surface area is 105 Å². The summed E-state index contributed by atoms with van der Waals surface area (Å²) in [7, 11) is 0. The van der Waals surface area contributed by atoms with E-state index in [1.807, 2.05) is 24.4 Å². The highest BCUT2D eigenvalue weighted by molar-refractivity contribution is 7.11. The van der Waals surface area contributed by atoms with Gasteiger partial charge in [-0.15, -0.1) is 11.3 Å². The van der Waals surface area contributed by atoms with Crippen LogP contribution in [0.2, 0.25) is 0 Å². The molecule has 2 rings (SSSR count). The van der Waals surface area contributed by atoms with Crippen molar-refractivity contribution >= 4 is 17.0 Å². The molecule has 1 aromatic heterocycles. The van der Waals surface area contributed by atoms with E-state index in [-0.39, 0.29) is 0 Å². The number of aryl methyl sites for hydroxylation is 1. The topological polar surface area (TPSA) is 48.7 Å². The summed E-state index contributed by atoms with van der Waals surface area (Å²) in [4.78, 5) is 5.52. The first kappa shape index (κ1) is 11.6. The van der Waals surface area contributed by atoms with E-state index in [4.69, 9.17) is 5.26 Å². The first-order valence-electron chi connectivity index (χ1n) is 5.49. The average Bonchev–Trinajstić information content (AvgIpc) is 2.84. The summed E-state index contributed by atoms with van der Waals surface area (Å²) in [6.07, 6.45) is 2.89. The minimum absolute atomic E-state index is 0.675. The van der Waals surface area contributed by atoms with Crippen LogP contribution < -0.4 is 5.32 Å². The second-order valence-electron chi connectivity index (χ2n) is 3.62. The van der Waals surface area contributed by atoms with Crippen molar-refractivity contribution in [2.45, 2.75) is 19.9 Å². The number of benzene rings is 1. The van der Waals surface area contributed by atoms with Crippen molar-refractivity contribution in [3.63, 3.8) is 0 Å². The van der Waals surface area contributed by atoms with Gasteiger partial charge in [0, 0.05) is 16.8 Å². The highest BCUT2D eigenvalue weighted by atomic mass is 32.1. The van der Waals surface area contributed by atoms with Crippen LogP contribution in [0.4, 0.5) is 5.69 Å². The minimum Gasteiger partial charge on any atom is -0.380 e. The normalized spacial score (nSPS) is 9.88. The molecule has 0 fully saturated rings. The van der Waals surface area contributed by atoms with Crippen LogP contribution in [0.15, 0.2) is 30.5 Å². The molecule has 0 bridgehead atoms. The maximum atomic E-state index is 8.80. The van der Waals surface area contributed by atoms with Crippen molar-refractivity contribution in [1.29, 1.82) is 5.26 Å². The molecule has 0 aliphatic rings. The predicted octanol–water partition coefficient (Wildman–Crippen LogP) is 3.19. The largest absolute Gasteiger partial charge is 0.380 e. The molecule has 0 amide bonds. The number of rotatable bonds is 4. The number of nitriles is 1. The Morgan fingerprint density at radius 2 is 2.35 bits per heavy atom. The summed E-state index contributed by atoms with van der Waals surface area (Å²) in [5.41, 5.74) is 1.64. The highest BCUT2D eigenvalue weighted by Gasteiger charge is 2.00. The first-order valence-corrected chi connectivity index (χ1v) is 6.31. The van der Waals surface area contributed by atoms with Crippen molar-refractivity contribution in [1.82, 2.24) is 4.98 Å².